The molecule has 0 unspecified atom stereocenters. The first-order chi connectivity index (χ1) is 17.0. The number of aromatic nitrogens is 2. The molecule has 2 N–H and O–H groups in total. The fraction of sp³-hybridized carbons (Fsp3) is 0.250. The molecule has 0 aliphatic heterocycles. The third-order valence-electron chi connectivity index (χ3n) is 5.52. The first kappa shape index (κ1) is 24.7. The molecule has 6 nitrogen and oxygen atoms in total. The summed E-state index contributed by atoms with van der Waals surface area (Å²) < 4.78 is 3.23. The molecule has 0 atom stereocenters. The summed E-state index contributed by atoms with van der Waals surface area (Å²) in [7, 11) is 4.11. The molecule has 1 amide bonds. The second-order valence-corrected chi connectivity index (χ2v) is 9.84. The Kier molecular flexibility index (Phi) is 8.34. The largest absolute Gasteiger partial charge is 0.326 e. The molecule has 1 fully saturated rings. The highest BCUT2D eigenvalue weighted by molar-refractivity contribution is 8.00. The van der Waals surface area contributed by atoms with Crippen LogP contribution in [0.2, 0.25) is 0 Å². The maximum atomic E-state index is 11.7. The molecule has 7 heteroatoms. The lowest BCUT2D eigenvalue weighted by atomic mass is 10.1. The summed E-state index contributed by atoms with van der Waals surface area (Å²) >= 11 is 1.57. The van der Waals surface area contributed by atoms with Crippen molar-refractivity contribution in [2.75, 3.05) is 24.1 Å². The zero-order valence-corrected chi connectivity index (χ0v) is 21.2. The van der Waals surface area contributed by atoms with Crippen molar-refractivity contribution in [3.8, 4) is 0 Å². The van der Waals surface area contributed by atoms with Gasteiger partial charge >= 0.3 is 0 Å². The summed E-state index contributed by atoms with van der Waals surface area (Å²) in [6.07, 6.45) is 7.66. The molecule has 0 bridgehead atoms. The number of carbonyl (C=O) groups excluding carboxylic acids is 1. The predicted molar refractivity (Wildman–Crippen MR) is 145 cm³/mol. The molecule has 180 valence electrons. The Balaban J connectivity index is 0.000000165. The highest BCUT2D eigenvalue weighted by Crippen LogP contribution is 2.30. The number of rotatable bonds is 7. The molecule has 0 saturated heterocycles. The summed E-state index contributed by atoms with van der Waals surface area (Å²) in [5, 5.41) is 5.22. The van der Waals surface area contributed by atoms with Crippen LogP contribution in [0.1, 0.15) is 24.0 Å². The lowest BCUT2D eigenvalue weighted by Gasteiger charge is -2.10. The second kappa shape index (κ2) is 11.8. The van der Waals surface area contributed by atoms with Gasteiger partial charge in [-0.15, -0.1) is 0 Å². The summed E-state index contributed by atoms with van der Waals surface area (Å²) in [5.41, 5.74) is 3.23. The van der Waals surface area contributed by atoms with E-state index >= 15 is 0 Å². The van der Waals surface area contributed by atoms with Crippen LogP contribution < -0.4 is 10.0 Å². The minimum absolute atomic E-state index is 0.149. The van der Waals surface area contributed by atoms with Gasteiger partial charge in [-0.1, -0.05) is 30.3 Å². The topological polar surface area (TPSA) is 70.2 Å². The zero-order chi connectivity index (χ0) is 24.6. The van der Waals surface area contributed by atoms with Crippen LogP contribution >= 0.6 is 11.9 Å². The van der Waals surface area contributed by atoms with E-state index in [1.54, 1.807) is 11.9 Å². The van der Waals surface area contributed by atoms with Crippen molar-refractivity contribution in [2.45, 2.75) is 31.2 Å². The average Bonchev–Trinajstić information content (AvgIpc) is 3.71. The molecule has 1 saturated carbocycles. The molecule has 5 rings (SSSR count). The maximum absolute atomic E-state index is 11.7. The summed E-state index contributed by atoms with van der Waals surface area (Å²) in [6, 6.07) is 20.3. The number of nitrogens with one attached hydrogen (secondary N) is 2. The Morgan fingerprint density at radius 3 is 2.51 bits per heavy atom. The monoisotopic (exact) mass is 485 g/mol. The molecule has 2 aromatic heterocycles. The average molecular weight is 486 g/mol. The normalized spacial score (nSPS) is 12.7. The van der Waals surface area contributed by atoms with Crippen molar-refractivity contribution in [3.63, 3.8) is 0 Å². The van der Waals surface area contributed by atoms with E-state index in [2.05, 4.69) is 57.2 Å². The van der Waals surface area contributed by atoms with Gasteiger partial charge in [0.25, 0.3) is 0 Å². The van der Waals surface area contributed by atoms with Crippen LogP contribution in [0.4, 0.5) is 11.5 Å². The molecule has 2 heterocycles. The standard InChI is InChI=1S/C14H17N3S.C14H14N2O/c1-17(2)11-12-8-9-14(15-10-12)16-18-13-6-4-3-5-7-13;1-9-7-15-8-11-4-5-12(6-13(9)11)16-14(17)10-2-3-10/h3-10H,11H2,1-2H3,(H,15,16);4-8,10H,2-3H2,1H3,(H,16,17). The Bertz CT molecular complexity index is 1260. The van der Waals surface area contributed by atoms with Crippen LogP contribution in [0, 0.1) is 12.8 Å². The Hall–Kier alpha value is -3.42. The van der Waals surface area contributed by atoms with Gasteiger partial charge in [0.2, 0.25) is 5.91 Å². The van der Waals surface area contributed by atoms with E-state index < -0.39 is 0 Å². The van der Waals surface area contributed by atoms with E-state index in [9.17, 15) is 4.79 Å². The van der Waals surface area contributed by atoms with Gasteiger partial charge in [0.15, 0.2) is 0 Å². The van der Waals surface area contributed by atoms with Crippen LogP contribution in [-0.4, -0.2) is 34.9 Å². The lowest BCUT2D eigenvalue weighted by Crippen LogP contribution is -2.13. The van der Waals surface area contributed by atoms with Gasteiger partial charge in [0, 0.05) is 47.0 Å². The summed E-state index contributed by atoms with van der Waals surface area (Å²) in [6.45, 7) is 2.95. The molecule has 4 aromatic rings. The van der Waals surface area contributed by atoms with Crippen molar-refractivity contribution in [1.29, 1.82) is 0 Å². The van der Waals surface area contributed by atoms with Crippen LogP contribution in [0.5, 0.6) is 0 Å². The molecule has 0 radical (unpaired) electrons. The quantitative estimate of drug-likeness (QED) is 0.306. The number of pyridine rings is 2. The van der Waals surface area contributed by atoms with Gasteiger partial charge in [-0.3, -0.25) is 9.78 Å². The SMILES string of the molecule is CN(C)Cc1ccc(NSc2ccccc2)nc1.Cc1cncc2ccc(NC(=O)C3CC3)cc12. The van der Waals surface area contributed by atoms with Crippen molar-refractivity contribution in [1.82, 2.24) is 14.9 Å². The fourth-order valence-electron chi connectivity index (χ4n) is 3.52. The minimum Gasteiger partial charge on any atom is -0.326 e. The van der Waals surface area contributed by atoms with Crippen molar-refractivity contribution < 1.29 is 4.79 Å². The van der Waals surface area contributed by atoms with Crippen LogP contribution in [0.25, 0.3) is 10.8 Å². The second-order valence-electron chi connectivity index (χ2n) is 8.96. The number of amides is 1. The molecule has 2 aromatic carbocycles. The van der Waals surface area contributed by atoms with E-state index in [1.807, 2.05) is 68.0 Å². The molecule has 35 heavy (non-hydrogen) atoms. The van der Waals surface area contributed by atoms with Gasteiger partial charge in [-0.05, 0) is 92.7 Å². The van der Waals surface area contributed by atoms with E-state index in [-0.39, 0.29) is 11.8 Å². The van der Waals surface area contributed by atoms with Crippen LogP contribution in [-0.2, 0) is 11.3 Å². The number of hydrogen-bond acceptors (Lipinski definition) is 6. The zero-order valence-electron chi connectivity index (χ0n) is 20.4. The maximum Gasteiger partial charge on any atom is 0.227 e. The fourth-order valence-corrected chi connectivity index (χ4v) is 4.16. The predicted octanol–water partition coefficient (Wildman–Crippen LogP) is 6.15. The number of hydrogen-bond donors (Lipinski definition) is 2. The van der Waals surface area contributed by atoms with Crippen LogP contribution in [0.3, 0.4) is 0 Å². The number of benzene rings is 2. The van der Waals surface area contributed by atoms with Crippen molar-refractivity contribution >= 4 is 40.1 Å². The molecular formula is C28H31N5OS. The lowest BCUT2D eigenvalue weighted by molar-refractivity contribution is -0.117. The smallest absolute Gasteiger partial charge is 0.227 e. The number of carbonyl (C=O) groups is 1. The van der Waals surface area contributed by atoms with Crippen LogP contribution in [0.15, 0.2) is 84.1 Å². The Morgan fingerprint density at radius 2 is 1.83 bits per heavy atom. The molecular weight excluding hydrogens is 454 g/mol. The number of aryl methyl sites for hydroxylation is 1. The van der Waals surface area contributed by atoms with Gasteiger partial charge in [0.1, 0.15) is 5.82 Å². The number of fused-ring (bicyclic) bond motifs is 1. The molecule has 0 spiro atoms. The molecule has 1 aliphatic rings. The van der Waals surface area contributed by atoms with Crippen molar-refractivity contribution in [2.24, 2.45) is 5.92 Å². The third-order valence-corrected chi connectivity index (χ3v) is 6.33. The van der Waals surface area contributed by atoms with E-state index in [1.165, 1.54) is 10.5 Å². The number of anilines is 2. The Morgan fingerprint density at radius 1 is 1.03 bits per heavy atom. The Labute approximate surface area is 211 Å². The number of nitrogens with zero attached hydrogens (tertiary/aromatic N) is 3. The van der Waals surface area contributed by atoms with E-state index in [0.717, 1.165) is 47.2 Å². The highest BCUT2D eigenvalue weighted by atomic mass is 32.2. The first-order valence-corrected chi connectivity index (χ1v) is 12.5. The summed E-state index contributed by atoms with van der Waals surface area (Å²) in [4.78, 5) is 23.5. The minimum atomic E-state index is 0.149. The van der Waals surface area contributed by atoms with Gasteiger partial charge < -0.3 is 14.9 Å². The van der Waals surface area contributed by atoms with E-state index in [0.29, 0.717) is 0 Å². The third kappa shape index (κ3) is 7.53. The van der Waals surface area contributed by atoms with Gasteiger partial charge in [-0.2, -0.15) is 0 Å². The highest BCUT2D eigenvalue weighted by Gasteiger charge is 2.29. The van der Waals surface area contributed by atoms with E-state index in [4.69, 9.17) is 0 Å². The summed E-state index contributed by atoms with van der Waals surface area (Å²) in [5.74, 6) is 1.27. The molecule has 1 aliphatic carbocycles. The van der Waals surface area contributed by atoms with Gasteiger partial charge in [0.05, 0.1) is 0 Å². The van der Waals surface area contributed by atoms with Gasteiger partial charge in [-0.25, -0.2) is 4.98 Å². The first-order valence-electron chi connectivity index (χ1n) is 11.7. The van der Waals surface area contributed by atoms with Crippen molar-refractivity contribution in [3.05, 3.63) is 90.4 Å².